The van der Waals surface area contributed by atoms with E-state index in [1.165, 1.54) is 0 Å². The molecule has 114 valence electrons. The van der Waals surface area contributed by atoms with Gasteiger partial charge in [0, 0.05) is 25.8 Å². The minimum Gasteiger partial charge on any atom is -0.365 e. The first-order chi connectivity index (χ1) is 10.1. The third kappa shape index (κ3) is 3.33. The zero-order chi connectivity index (χ0) is 14.8. The number of pyridine rings is 1. The van der Waals surface area contributed by atoms with Gasteiger partial charge in [0.25, 0.3) is 5.91 Å². The lowest BCUT2D eigenvalue weighted by Crippen LogP contribution is -2.50. The number of anilines is 1. The Morgan fingerprint density at radius 1 is 1.38 bits per heavy atom. The summed E-state index contributed by atoms with van der Waals surface area (Å²) in [6.45, 7) is 3.48. The summed E-state index contributed by atoms with van der Waals surface area (Å²) in [7, 11) is 0. The van der Waals surface area contributed by atoms with E-state index in [1.807, 2.05) is 11.0 Å². The van der Waals surface area contributed by atoms with E-state index < -0.39 is 6.10 Å². The number of likely N-dealkylation sites (tertiary alicyclic amines) is 1. The van der Waals surface area contributed by atoms with Crippen molar-refractivity contribution in [2.24, 2.45) is 0 Å². The Morgan fingerprint density at radius 3 is 2.86 bits per heavy atom. The van der Waals surface area contributed by atoms with E-state index in [2.05, 4.69) is 25.8 Å². The van der Waals surface area contributed by atoms with Crippen molar-refractivity contribution in [3.05, 3.63) is 21.8 Å². The van der Waals surface area contributed by atoms with E-state index in [1.54, 1.807) is 6.20 Å². The first kappa shape index (κ1) is 15.1. The van der Waals surface area contributed by atoms with Crippen molar-refractivity contribution in [3.8, 4) is 0 Å². The lowest BCUT2D eigenvalue weighted by molar-refractivity contribution is -0.143. The molecule has 2 saturated heterocycles. The van der Waals surface area contributed by atoms with Crippen molar-refractivity contribution in [1.29, 1.82) is 0 Å². The standard InChI is InChI=1S/C14H17BrClN3O2/c15-11-7-10(16)8-17-13(11)19-5-6-21-12(9-19)14(20)18-3-1-2-4-18/h7-8,12H,1-6,9H2. The van der Waals surface area contributed by atoms with Gasteiger partial charge in [-0.2, -0.15) is 0 Å². The maximum absolute atomic E-state index is 12.4. The highest BCUT2D eigenvalue weighted by Gasteiger charge is 2.32. The molecule has 0 N–H and O–H groups in total. The van der Waals surface area contributed by atoms with Gasteiger partial charge < -0.3 is 14.5 Å². The monoisotopic (exact) mass is 373 g/mol. The van der Waals surface area contributed by atoms with Gasteiger partial charge in [0.15, 0.2) is 6.10 Å². The number of hydrogen-bond acceptors (Lipinski definition) is 4. The molecule has 0 radical (unpaired) electrons. The van der Waals surface area contributed by atoms with Crippen LogP contribution < -0.4 is 4.90 Å². The second-order valence-electron chi connectivity index (χ2n) is 5.30. The molecule has 3 heterocycles. The van der Waals surface area contributed by atoms with Crippen molar-refractivity contribution in [1.82, 2.24) is 9.88 Å². The normalized spacial score (nSPS) is 22.7. The van der Waals surface area contributed by atoms with Crippen molar-refractivity contribution >= 4 is 39.3 Å². The zero-order valence-corrected chi connectivity index (χ0v) is 13.9. The van der Waals surface area contributed by atoms with Gasteiger partial charge in [-0.1, -0.05) is 11.6 Å². The molecular weight excluding hydrogens is 358 g/mol. The number of amides is 1. The van der Waals surface area contributed by atoms with Crippen LogP contribution in [0.2, 0.25) is 5.02 Å². The van der Waals surface area contributed by atoms with Crippen LogP contribution in [0.5, 0.6) is 0 Å². The van der Waals surface area contributed by atoms with Crippen LogP contribution in [0.3, 0.4) is 0 Å². The van der Waals surface area contributed by atoms with Gasteiger partial charge >= 0.3 is 0 Å². The predicted octanol–water partition coefficient (Wildman–Crippen LogP) is 2.33. The first-order valence-electron chi connectivity index (χ1n) is 7.11. The fraction of sp³-hybridized carbons (Fsp3) is 0.571. The van der Waals surface area contributed by atoms with Gasteiger partial charge in [0.2, 0.25) is 0 Å². The number of carbonyl (C=O) groups is 1. The number of ether oxygens (including phenoxy) is 1. The predicted molar refractivity (Wildman–Crippen MR) is 84.7 cm³/mol. The average molecular weight is 375 g/mol. The Kier molecular flexibility index (Phi) is 4.66. The lowest BCUT2D eigenvalue weighted by atomic mass is 10.2. The van der Waals surface area contributed by atoms with Crippen LogP contribution >= 0.6 is 27.5 Å². The molecule has 2 fully saturated rings. The first-order valence-corrected chi connectivity index (χ1v) is 8.28. The molecular formula is C14H17BrClN3O2. The largest absolute Gasteiger partial charge is 0.365 e. The third-order valence-electron chi connectivity index (χ3n) is 3.85. The second kappa shape index (κ2) is 6.50. The van der Waals surface area contributed by atoms with Crippen molar-refractivity contribution < 1.29 is 9.53 Å². The Balaban J connectivity index is 1.71. The van der Waals surface area contributed by atoms with Gasteiger partial charge in [0.1, 0.15) is 5.82 Å². The van der Waals surface area contributed by atoms with Gasteiger partial charge in [-0.15, -0.1) is 0 Å². The fourth-order valence-electron chi connectivity index (χ4n) is 2.77. The molecule has 1 unspecified atom stereocenters. The van der Waals surface area contributed by atoms with E-state index in [0.717, 1.165) is 42.8 Å². The van der Waals surface area contributed by atoms with Crippen molar-refractivity contribution in [2.45, 2.75) is 18.9 Å². The van der Waals surface area contributed by atoms with Crippen LogP contribution in [0.25, 0.3) is 0 Å². The van der Waals surface area contributed by atoms with Crippen LogP contribution in [0.4, 0.5) is 5.82 Å². The number of rotatable bonds is 2. The van der Waals surface area contributed by atoms with E-state index in [0.29, 0.717) is 18.2 Å². The molecule has 2 aliphatic heterocycles. The van der Waals surface area contributed by atoms with Gasteiger partial charge in [-0.3, -0.25) is 4.79 Å². The Hall–Kier alpha value is -0.850. The van der Waals surface area contributed by atoms with Gasteiger partial charge in [-0.05, 0) is 34.8 Å². The molecule has 1 amide bonds. The zero-order valence-electron chi connectivity index (χ0n) is 11.6. The summed E-state index contributed by atoms with van der Waals surface area (Å²) < 4.78 is 6.50. The van der Waals surface area contributed by atoms with Crippen molar-refractivity contribution in [2.75, 3.05) is 37.7 Å². The molecule has 0 saturated carbocycles. The number of nitrogens with zero attached hydrogens (tertiary/aromatic N) is 3. The maximum Gasteiger partial charge on any atom is 0.253 e. The summed E-state index contributed by atoms with van der Waals surface area (Å²) in [6.07, 6.45) is 3.40. The summed E-state index contributed by atoms with van der Waals surface area (Å²) in [5.74, 6) is 0.907. The molecule has 5 nitrogen and oxygen atoms in total. The van der Waals surface area contributed by atoms with Crippen LogP contribution in [0.15, 0.2) is 16.7 Å². The summed E-state index contributed by atoms with van der Waals surface area (Å²) in [5, 5.41) is 0.587. The molecule has 3 rings (SSSR count). The van der Waals surface area contributed by atoms with Crippen LogP contribution in [0, 0.1) is 0 Å². The van der Waals surface area contributed by atoms with E-state index in [9.17, 15) is 4.79 Å². The number of aromatic nitrogens is 1. The molecule has 0 spiro atoms. The third-order valence-corrected chi connectivity index (χ3v) is 4.64. The fourth-order valence-corrected chi connectivity index (χ4v) is 3.66. The Morgan fingerprint density at radius 2 is 2.14 bits per heavy atom. The average Bonchev–Trinajstić information content (AvgIpc) is 3.01. The summed E-state index contributed by atoms with van der Waals surface area (Å²) in [5.41, 5.74) is 0. The number of hydrogen-bond donors (Lipinski definition) is 0. The Labute approximate surface area is 137 Å². The van der Waals surface area contributed by atoms with E-state index in [4.69, 9.17) is 16.3 Å². The molecule has 1 aromatic heterocycles. The summed E-state index contributed by atoms with van der Waals surface area (Å²) >= 11 is 9.41. The van der Waals surface area contributed by atoms with Crippen molar-refractivity contribution in [3.63, 3.8) is 0 Å². The number of morpholine rings is 1. The molecule has 2 aliphatic rings. The van der Waals surface area contributed by atoms with Crippen LogP contribution in [-0.4, -0.2) is 54.7 Å². The second-order valence-corrected chi connectivity index (χ2v) is 6.59. The topological polar surface area (TPSA) is 45.7 Å². The molecule has 7 heteroatoms. The van der Waals surface area contributed by atoms with Crippen LogP contribution in [0.1, 0.15) is 12.8 Å². The summed E-state index contributed by atoms with van der Waals surface area (Å²) in [4.78, 5) is 20.8. The van der Waals surface area contributed by atoms with Gasteiger partial charge in [0.05, 0.1) is 22.6 Å². The van der Waals surface area contributed by atoms with Gasteiger partial charge in [-0.25, -0.2) is 4.98 Å². The highest BCUT2D eigenvalue weighted by atomic mass is 79.9. The molecule has 0 bridgehead atoms. The van der Waals surface area contributed by atoms with Crippen LogP contribution in [-0.2, 0) is 9.53 Å². The molecule has 1 atom stereocenters. The molecule has 0 aromatic carbocycles. The van der Waals surface area contributed by atoms with E-state index >= 15 is 0 Å². The molecule has 21 heavy (non-hydrogen) atoms. The maximum atomic E-state index is 12.4. The smallest absolute Gasteiger partial charge is 0.253 e. The minimum atomic E-state index is -0.402. The quantitative estimate of drug-likeness (QED) is 0.797. The lowest BCUT2D eigenvalue weighted by Gasteiger charge is -2.35. The minimum absolute atomic E-state index is 0.0993. The Bertz CT molecular complexity index is 537. The SMILES string of the molecule is O=C(C1CN(c2ncc(Cl)cc2Br)CCO1)N1CCCC1. The number of carbonyl (C=O) groups excluding carboxylic acids is 1. The van der Waals surface area contributed by atoms with E-state index in [-0.39, 0.29) is 5.91 Å². The molecule has 1 aromatic rings. The summed E-state index contributed by atoms with van der Waals surface area (Å²) in [6, 6.07) is 1.82. The number of halogens is 2. The highest BCUT2D eigenvalue weighted by molar-refractivity contribution is 9.10. The highest BCUT2D eigenvalue weighted by Crippen LogP contribution is 2.28. The molecule has 0 aliphatic carbocycles.